The lowest BCUT2D eigenvalue weighted by molar-refractivity contribution is -0.111. The molecule has 19 heavy (non-hydrogen) atoms. The highest BCUT2D eigenvalue weighted by molar-refractivity contribution is 6.52. The first-order valence-corrected chi connectivity index (χ1v) is 5.96. The quantitative estimate of drug-likeness (QED) is 0.618. The van der Waals surface area contributed by atoms with E-state index in [1.807, 2.05) is 6.92 Å². The Morgan fingerprint density at radius 3 is 2.74 bits per heavy atom. The van der Waals surface area contributed by atoms with Crippen molar-refractivity contribution in [3.63, 3.8) is 0 Å². The number of Topliss-reactive ketones (excluding diaryl/α,β-unsaturated/α-hetero) is 2. The maximum absolute atomic E-state index is 12.1. The van der Waals surface area contributed by atoms with E-state index in [-0.39, 0.29) is 17.4 Å². The Kier molecular flexibility index (Phi) is 2.35. The topological polar surface area (TPSA) is 63.6 Å². The molecule has 0 bridgehead atoms. The predicted molar refractivity (Wildman–Crippen MR) is 68.7 cm³/mol. The van der Waals surface area contributed by atoms with Crippen LogP contribution in [-0.2, 0) is 9.53 Å². The van der Waals surface area contributed by atoms with Crippen molar-refractivity contribution in [3.8, 4) is 5.75 Å². The van der Waals surface area contributed by atoms with Crippen molar-refractivity contribution >= 4 is 17.3 Å². The molecule has 1 N–H and O–H groups in total. The van der Waals surface area contributed by atoms with Crippen molar-refractivity contribution in [2.24, 2.45) is 0 Å². The molecule has 1 atom stereocenters. The van der Waals surface area contributed by atoms with Crippen molar-refractivity contribution in [1.82, 2.24) is 0 Å². The average molecular weight is 256 g/mol. The Morgan fingerprint density at radius 1 is 1.32 bits per heavy atom. The summed E-state index contributed by atoms with van der Waals surface area (Å²) in [6.45, 7) is 5.65. The van der Waals surface area contributed by atoms with E-state index >= 15 is 0 Å². The van der Waals surface area contributed by atoms with E-state index in [9.17, 15) is 14.7 Å². The smallest absolute Gasteiger partial charge is 0.234 e. The van der Waals surface area contributed by atoms with Crippen LogP contribution in [0.4, 0.5) is 0 Å². The van der Waals surface area contributed by atoms with Crippen molar-refractivity contribution in [3.05, 3.63) is 47.1 Å². The van der Waals surface area contributed by atoms with Gasteiger partial charge in [0, 0.05) is 17.5 Å². The second-order valence-electron chi connectivity index (χ2n) is 4.85. The third-order valence-corrected chi connectivity index (χ3v) is 3.45. The van der Waals surface area contributed by atoms with Crippen LogP contribution in [0.25, 0.3) is 5.76 Å². The first-order chi connectivity index (χ1) is 8.99. The summed E-state index contributed by atoms with van der Waals surface area (Å²) >= 11 is 0. The van der Waals surface area contributed by atoms with E-state index in [1.165, 1.54) is 12.1 Å². The SMILES string of the molecule is C=C(C)[C@@H]1CC2=C(O1)c1ccc(O)cc1C(=O)C2=O. The van der Waals surface area contributed by atoms with Gasteiger partial charge in [-0.15, -0.1) is 0 Å². The van der Waals surface area contributed by atoms with Gasteiger partial charge in [0.15, 0.2) is 0 Å². The van der Waals surface area contributed by atoms with E-state index < -0.39 is 11.6 Å². The molecule has 0 fully saturated rings. The van der Waals surface area contributed by atoms with E-state index in [4.69, 9.17) is 4.74 Å². The molecule has 0 saturated heterocycles. The van der Waals surface area contributed by atoms with Gasteiger partial charge in [-0.1, -0.05) is 6.58 Å². The summed E-state index contributed by atoms with van der Waals surface area (Å²) in [5.41, 5.74) is 2.00. The molecule has 1 heterocycles. The van der Waals surface area contributed by atoms with Crippen LogP contribution in [0.3, 0.4) is 0 Å². The lowest BCUT2D eigenvalue weighted by Gasteiger charge is -2.16. The van der Waals surface area contributed by atoms with Gasteiger partial charge in [0.1, 0.15) is 17.6 Å². The molecule has 96 valence electrons. The van der Waals surface area contributed by atoms with Crippen molar-refractivity contribution in [2.75, 3.05) is 0 Å². The molecule has 1 aliphatic carbocycles. The third kappa shape index (κ3) is 1.60. The molecule has 1 aromatic rings. The maximum Gasteiger partial charge on any atom is 0.234 e. The molecule has 0 radical (unpaired) electrons. The first-order valence-electron chi connectivity index (χ1n) is 5.96. The number of carbonyl (C=O) groups is 2. The molecule has 1 aliphatic heterocycles. The number of carbonyl (C=O) groups excluding carboxylic acids is 2. The number of ketones is 2. The minimum atomic E-state index is -0.587. The van der Waals surface area contributed by atoms with Gasteiger partial charge in [0.25, 0.3) is 0 Å². The molecule has 2 aliphatic rings. The number of rotatable bonds is 1. The van der Waals surface area contributed by atoms with Crippen molar-refractivity contribution in [2.45, 2.75) is 19.4 Å². The maximum atomic E-state index is 12.1. The number of benzene rings is 1. The van der Waals surface area contributed by atoms with E-state index in [2.05, 4.69) is 6.58 Å². The van der Waals surface area contributed by atoms with Crippen LogP contribution in [0.2, 0.25) is 0 Å². The van der Waals surface area contributed by atoms with Gasteiger partial charge >= 0.3 is 0 Å². The largest absolute Gasteiger partial charge is 0.508 e. The molecular weight excluding hydrogens is 244 g/mol. The Balaban J connectivity index is 2.16. The highest BCUT2D eigenvalue weighted by Gasteiger charge is 2.40. The summed E-state index contributed by atoms with van der Waals surface area (Å²) < 4.78 is 5.74. The number of aromatic hydroxyl groups is 1. The van der Waals surface area contributed by atoms with Crippen LogP contribution in [0, 0.1) is 0 Å². The molecule has 0 saturated carbocycles. The summed E-state index contributed by atoms with van der Waals surface area (Å²) in [7, 11) is 0. The molecule has 1 aromatic carbocycles. The zero-order chi connectivity index (χ0) is 13.7. The lowest BCUT2D eigenvalue weighted by atomic mass is 9.87. The molecular formula is C15H12O4. The fraction of sp³-hybridized carbons (Fsp3) is 0.200. The highest BCUT2D eigenvalue weighted by Crippen LogP contribution is 2.41. The molecule has 0 aromatic heterocycles. The number of ether oxygens (including phenoxy) is 1. The number of fused-ring (bicyclic) bond motifs is 2. The van der Waals surface area contributed by atoms with Crippen LogP contribution in [0.5, 0.6) is 5.75 Å². The molecule has 0 amide bonds. The summed E-state index contributed by atoms with van der Waals surface area (Å²) in [4.78, 5) is 24.1. The molecule has 4 heteroatoms. The molecule has 4 nitrogen and oxygen atoms in total. The van der Waals surface area contributed by atoms with Gasteiger partial charge in [0.05, 0.1) is 5.57 Å². The van der Waals surface area contributed by atoms with Gasteiger partial charge in [-0.2, -0.15) is 0 Å². The summed E-state index contributed by atoms with van der Waals surface area (Å²) in [5.74, 6) is -0.724. The number of phenols is 1. The fourth-order valence-electron chi connectivity index (χ4n) is 2.41. The third-order valence-electron chi connectivity index (χ3n) is 3.45. The van der Waals surface area contributed by atoms with E-state index in [1.54, 1.807) is 6.07 Å². The van der Waals surface area contributed by atoms with Crippen LogP contribution in [0.1, 0.15) is 29.3 Å². The Bertz CT molecular complexity index is 667. The van der Waals surface area contributed by atoms with Crippen molar-refractivity contribution < 1.29 is 19.4 Å². The second-order valence-corrected chi connectivity index (χ2v) is 4.85. The molecule has 0 spiro atoms. The standard InChI is InChI=1S/C15H12O4/c1-7(2)12-6-11-14(18)13(17)10-5-8(16)3-4-9(10)15(11)19-12/h3-5,12,16H,1,6H2,2H3/t12-/m0/s1. The van der Waals surface area contributed by atoms with Gasteiger partial charge in [-0.25, -0.2) is 0 Å². The highest BCUT2D eigenvalue weighted by atomic mass is 16.5. The van der Waals surface area contributed by atoms with Crippen LogP contribution >= 0.6 is 0 Å². The normalized spacial score (nSPS) is 21.0. The Labute approximate surface area is 110 Å². The summed E-state index contributed by atoms with van der Waals surface area (Å²) in [5, 5.41) is 9.44. The van der Waals surface area contributed by atoms with Gasteiger partial charge < -0.3 is 9.84 Å². The van der Waals surface area contributed by atoms with E-state index in [0.29, 0.717) is 23.3 Å². The lowest BCUT2D eigenvalue weighted by Crippen LogP contribution is -2.22. The zero-order valence-electron chi connectivity index (χ0n) is 10.4. The monoisotopic (exact) mass is 256 g/mol. The number of phenolic OH excluding ortho intramolecular Hbond substituents is 1. The fourth-order valence-corrected chi connectivity index (χ4v) is 2.41. The molecule has 0 unspecified atom stereocenters. The second kappa shape index (κ2) is 3.82. The molecule has 3 rings (SSSR count). The van der Waals surface area contributed by atoms with Crippen molar-refractivity contribution in [1.29, 1.82) is 0 Å². The Hall–Kier alpha value is -2.36. The van der Waals surface area contributed by atoms with Gasteiger partial charge in [-0.05, 0) is 30.7 Å². The number of hydrogen-bond donors (Lipinski definition) is 1. The minimum Gasteiger partial charge on any atom is -0.508 e. The van der Waals surface area contributed by atoms with E-state index in [0.717, 1.165) is 5.57 Å². The van der Waals surface area contributed by atoms with Crippen LogP contribution in [-0.4, -0.2) is 22.8 Å². The minimum absolute atomic E-state index is 0.0431. The first kappa shape index (κ1) is 11.7. The van der Waals surface area contributed by atoms with Gasteiger partial charge in [0.2, 0.25) is 11.6 Å². The summed E-state index contributed by atoms with van der Waals surface area (Å²) in [6, 6.07) is 4.38. The Morgan fingerprint density at radius 2 is 2.05 bits per heavy atom. The van der Waals surface area contributed by atoms with Crippen LogP contribution < -0.4 is 0 Å². The van der Waals surface area contributed by atoms with Crippen LogP contribution in [0.15, 0.2) is 35.9 Å². The zero-order valence-corrected chi connectivity index (χ0v) is 10.4. The van der Waals surface area contributed by atoms with Gasteiger partial charge in [-0.3, -0.25) is 9.59 Å². The summed E-state index contributed by atoms with van der Waals surface area (Å²) in [6.07, 6.45) is 0.122. The predicted octanol–water partition coefficient (Wildman–Crippen LogP) is 2.23. The average Bonchev–Trinajstić information content (AvgIpc) is 2.81. The number of hydrogen-bond acceptors (Lipinski definition) is 4.